The molecule has 1 saturated carbocycles. The fourth-order valence-electron chi connectivity index (χ4n) is 4.83. The molecule has 0 heterocycles. The molecule has 150 valence electrons. The first-order valence-electron chi connectivity index (χ1n) is 11.5. The molecule has 0 spiro atoms. The van der Waals surface area contributed by atoms with Gasteiger partial charge in [0.15, 0.2) is 0 Å². The summed E-state index contributed by atoms with van der Waals surface area (Å²) in [5, 5.41) is 0. The van der Waals surface area contributed by atoms with Crippen LogP contribution in [-0.2, 0) is 0 Å². The Morgan fingerprint density at radius 2 is 1.07 bits per heavy atom. The fourth-order valence-corrected chi connectivity index (χ4v) is 4.83. The SMILES string of the molecule is CCCCC1CCC(c2ccc(-c3ccc(-c4ccc(C)cc4)cc3)cc2)CC1. The van der Waals surface area contributed by atoms with E-state index in [0.717, 1.165) is 11.8 Å². The van der Waals surface area contributed by atoms with E-state index in [4.69, 9.17) is 0 Å². The Bertz CT molecular complexity index is 876. The Balaban J connectivity index is 1.40. The van der Waals surface area contributed by atoms with E-state index in [-0.39, 0.29) is 0 Å². The van der Waals surface area contributed by atoms with Crippen LogP contribution >= 0.6 is 0 Å². The third-order valence-corrected chi connectivity index (χ3v) is 6.80. The van der Waals surface area contributed by atoms with Crippen LogP contribution in [0.2, 0.25) is 0 Å². The topological polar surface area (TPSA) is 0 Å². The van der Waals surface area contributed by atoms with Gasteiger partial charge in [-0.15, -0.1) is 0 Å². The van der Waals surface area contributed by atoms with Crippen LogP contribution in [0.3, 0.4) is 0 Å². The Labute approximate surface area is 177 Å². The fraction of sp³-hybridized carbons (Fsp3) is 0.379. The smallest absolute Gasteiger partial charge is 0.0162 e. The van der Waals surface area contributed by atoms with Crippen LogP contribution < -0.4 is 0 Å². The summed E-state index contributed by atoms with van der Waals surface area (Å²) < 4.78 is 0. The summed E-state index contributed by atoms with van der Waals surface area (Å²) in [6.45, 7) is 4.44. The van der Waals surface area contributed by atoms with E-state index in [1.165, 1.54) is 72.8 Å². The Morgan fingerprint density at radius 3 is 1.55 bits per heavy atom. The molecule has 4 rings (SSSR count). The first-order valence-corrected chi connectivity index (χ1v) is 11.5. The van der Waals surface area contributed by atoms with Gasteiger partial charge in [0.05, 0.1) is 0 Å². The first kappa shape index (κ1) is 20.0. The van der Waals surface area contributed by atoms with Crippen LogP contribution in [-0.4, -0.2) is 0 Å². The number of benzene rings is 3. The molecule has 0 aliphatic heterocycles. The van der Waals surface area contributed by atoms with E-state index in [1.807, 2.05) is 0 Å². The number of unbranched alkanes of at least 4 members (excludes halogenated alkanes) is 1. The van der Waals surface area contributed by atoms with E-state index >= 15 is 0 Å². The second-order valence-electron chi connectivity index (χ2n) is 8.93. The van der Waals surface area contributed by atoms with E-state index in [1.54, 1.807) is 5.56 Å². The molecule has 0 atom stereocenters. The molecule has 0 aromatic heterocycles. The lowest BCUT2D eigenvalue weighted by Crippen LogP contribution is -2.13. The number of rotatable bonds is 6. The van der Waals surface area contributed by atoms with E-state index in [0.29, 0.717) is 0 Å². The van der Waals surface area contributed by atoms with Gasteiger partial charge in [0.2, 0.25) is 0 Å². The van der Waals surface area contributed by atoms with E-state index < -0.39 is 0 Å². The van der Waals surface area contributed by atoms with Crippen molar-refractivity contribution in [3.05, 3.63) is 83.9 Å². The second kappa shape index (κ2) is 9.44. The Morgan fingerprint density at radius 1 is 0.621 bits per heavy atom. The molecular formula is C29H34. The lowest BCUT2D eigenvalue weighted by molar-refractivity contribution is 0.304. The number of hydrogen-bond donors (Lipinski definition) is 0. The van der Waals surface area contributed by atoms with Crippen LogP contribution in [0.5, 0.6) is 0 Å². The zero-order valence-corrected chi connectivity index (χ0v) is 18.0. The van der Waals surface area contributed by atoms with Crippen LogP contribution in [0.25, 0.3) is 22.3 Å². The maximum Gasteiger partial charge on any atom is -0.0162 e. The van der Waals surface area contributed by atoms with Crippen molar-refractivity contribution in [2.75, 3.05) is 0 Å². The van der Waals surface area contributed by atoms with Crippen molar-refractivity contribution in [2.45, 2.75) is 64.7 Å². The minimum absolute atomic E-state index is 0.769. The average Bonchev–Trinajstić information content (AvgIpc) is 2.79. The summed E-state index contributed by atoms with van der Waals surface area (Å²) in [6.07, 6.45) is 9.79. The quantitative estimate of drug-likeness (QED) is 0.399. The first-order chi connectivity index (χ1) is 14.2. The van der Waals surface area contributed by atoms with Crippen LogP contribution in [0.4, 0.5) is 0 Å². The van der Waals surface area contributed by atoms with Crippen molar-refractivity contribution >= 4 is 0 Å². The summed E-state index contributed by atoms with van der Waals surface area (Å²) in [6, 6.07) is 27.1. The number of aryl methyl sites for hydroxylation is 1. The van der Waals surface area contributed by atoms with E-state index in [2.05, 4.69) is 86.6 Å². The molecule has 0 saturated heterocycles. The lowest BCUT2D eigenvalue weighted by Gasteiger charge is -2.29. The lowest BCUT2D eigenvalue weighted by atomic mass is 9.77. The van der Waals surface area contributed by atoms with Crippen molar-refractivity contribution < 1.29 is 0 Å². The average molecular weight is 383 g/mol. The zero-order valence-electron chi connectivity index (χ0n) is 18.0. The number of hydrogen-bond acceptors (Lipinski definition) is 0. The third-order valence-electron chi connectivity index (χ3n) is 6.80. The van der Waals surface area contributed by atoms with Crippen molar-refractivity contribution in [2.24, 2.45) is 5.92 Å². The highest BCUT2D eigenvalue weighted by Gasteiger charge is 2.21. The highest BCUT2D eigenvalue weighted by molar-refractivity contribution is 5.70. The van der Waals surface area contributed by atoms with Gasteiger partial charge in [0.1, 0.15) is 0 Å². The standard InChI is InChI=1S/C29H34/c1-3-4-5-23-8-12-25(13-9-23)27-16-20-29(21-17-27)28-18-14-26(15-19-28)24-10-6-22(2)7-11-24/h6-7,10-11,14-21,23,25H,3-5,8-9,12-13H2,1-2H3. The predicted octanol–water partition coefficient (Wildman–Crippen LogP) is 8.79. The van der Waals surface area contributed by atoms with Gasteiger partial charge in [-0.25, -0.2) is 0 Å². The van der Waals surface area contributed by atoms with E-state index in [9.17, 15) is 0 Å². The molecule has 0 heteroatoms. The molecule has 0 unspecified atom stereocenters. The molecule has 3 aromatic rings. The summed E-state index contributed by atoms with van der Waals surface area (Å²) in [5.74, 6) is 1.75. The third kappa shape index (κ3) is 4.99. The summed E-state index contributed by atoms with van der Waals surface area (Å²) >= 11 is 0. The normalized spacial score (nSPS) is 19.2. The van der Waals surface area contributed by atoms with Gasteiger partial charge in [-0.2, -0.15) is 0 Å². The molecule has 0 nitrogen and oxygen atoms in total. The Hall–Kier alpha value is -2.34. The van der Waals surface area contributed by atoms with Crippen molar-refractivity contribution in [1.29, 1.82) is 0 Å². The van der Waals surface area contributed by atoms with Gasteiger partial charge in [-0.3, -0.25) is 0 Å². The molecule has 1 aliphatic carbocycles. The Kier molecular flexibility index (Phi) is 6.49. The summed E-state index contributed by atoms with van der Waals surface area (Å²) in [5.41, 5.74) is 8.03. The van der Waals surface area contributed by atoms with Gasteiger partial charge >= 0.3 is 0 Å². The highest BCUT2D eigenvalue weighted by atomic mass is 14.3. The van der Waals surface area contributed by atoms with Gasteiger partial charge in [0, 0.05) is 0 Å². The van der Waals surface area contributed by atoms with Crippen molar-refractivity contribution in [3.63, 3.8) is 0 Å². The molecule has 1 aliphatic rings. The monoisotopic (exact) mass is 382 g/mol. The van der Waals surface area contributed by atoms with Crippen molar-refractivity contribution in [3.8, 4) is 22.3 Å². The van der Waals surface area contributed by atoms with Crippen LogP contribution in [0, 0.1) is 12.8 Å². The summed E-state index contributed by atoms with van der Waals surface area (Å²) in [7, 11) is 0. The summed E-state index contributed by atoms with van der Waals surface area (Å²) in [4.78, 5) is 0. The second-order valence-corrected chi connectivity index (χ2v) is 8.93. The zero-order chi connectivity index (χ0) is 20.1. The van der Waals surface area contributed by atoms with Crippen LogP contribution in [0.15, 0.2) is 72.8 Å². The van der Waals surface area contributed by atoms with Crippen LogP contribution in [0.1, 0.15) is 68.9 Å². The minimum Gasteiger partial charge on any atom is -0.0654 e. The maximum absolute atomic E-state index is 2.38. The molecular weight excluding hydrogens is 348 g/mol. The largest absolute Gasteiger partial charge is 0.0654 e. The molecule has 0 amide bonds. The molecule has 3 aromatic carbocycles. The van der Waals surface area contributed by atoms with Gasteiger partial charge in [0.25, 0.3) is 0 Å². The van der Waals surface area contributed by atoms with Gasteiger partial charge < -0.3 is 0 Å². The van der Waals surface area contributed by atoms with Gasteiger partial charge in [-0.05, 0) is 72.3 Å². The van der Waals surface area contributed by atoms with Crippen molar-refractivity contribution in [1.82, 2.24) is 0 Å². The molecule has 0 bridgehead atoms. The molecule has 1 fully saturated rings. The minimum atomic E-state index is 0.769. The predicted molar refractivity (Wildman–Crippen MR) is 126 cm³/mol. The maximum atomic E-state index is 2.38. The molecule has 29 heavy (non-hydrogen) atoms. The van der Waals surface area contributed by atoms with Gasteiger partial charge in [-0.1, -0.05) is 105 Å². The molecule has 0 N–H and O–H groups in total. The highest BCUT2D eigenvalue weighted by Crippen LogP contribution is 2.38. The molecule has 0 radical (unpaired) electrons.